The fraction of sp³-hybridized carbons (Fsp3) is 0.778. The average Bonchev–Trinajstić information content (AvgIpc) is 1.98. The van der Waals surface area contributed by atoms with E-state index in [1.165, 1.54) is 6.92 Å². The number of amides is 1. The molecule has 0 aromatic heterocycles. The number of nitriles is 1. The molecule has 0 radical (unpaired) electrons. The Hall–Kier alpha value is -1.04. The van der Waals surface area contributed by atoms with E-state index in [1.54, 1.807) is 0 Å². The number of hydrogen-bond acceptors (Lipinski definition) is 2. The van der Waals surface area contributed by atoms with Crippen molar-refractivity contribution < 1.29 is 4.79 Å². The fourth-order valence-corrected chi connectivity index (χ4v) is 1.01. The van der Waals surface area contributed by atoms with E-state index in [2.05, 4.69) is 11.4 Å². The van der Waals surface area contributed by atoms with Gasteiger partial charge < -0.3 is 5.32 Å². The summed E-state index contributed by atoms with van der Waals surface area (Å²) in [6.07, 6.45) is 1.41. The maximum absolute atomic E-state index is 10.7. The molecule has 3 heteroatoms. The maximum Gasteiger partial charge on any atom is 0.217 e. The number of hydrogen-bond donors (Lipinski definition) is 1. The smallest absolute Gasteiger partial charge is 0.217 e. The van der Waals surface area contributed by atoms with Gasteiger partial charge in [0, 0.05) is 19.4 Å². The second-order valence-electron chi connectivity index (χ2n) is 3.16. The van der Waals surface area contributed by atoms with Gasteiger partial charge in [-0.2, -0.15) is 5.26 Å². The van der Waals surface area contributed by atoms with Gasteiger partial charge >= 0.3 is 0 Å². The van der Waals surface area contributed by atoms with Crippen molar-refractivity contribution in [2.45, 2.75) is 39.7 Å². The first-order valence-electron chi connectivity index (χ1n) is 4.22. The number of nitrogens with one attached hydrogen (secondary N) is 1. The summed E-state index contributed by atoms with van der Waals surface area (Å²) in [5.41, 5.74) is 0. The van der Waals surface area contributed by atoms with Crippen LogP contribution < -0.4 is 5.32 Å². The molecule has 1 amide bonds. The minimum atomic E-state index is -0.00805. The summed E-state index contributed by atoms with van der Waals surface area (Å²) in [5, 5.41) is 11.1. The highest BCUT2D eigenvalue weighted by atomic mass is 16.1. The van der Waals surface area contributed by atoms with Crippen LogP contribution in [-0.2, 0) is 4.79 Å². The lowest BCUT2D eigenvalue weighted by Gasteiger charge is -2.19. The van der Waals surface area contributed by atoms with Gasteiger partial charge in [0.05, 0.1) is 6.07 Å². The molecule has 0 spiro atoms. The average molecular weight is 168 g/mol. The third-order valence-corrected chi connectivity index (χ3v) is 2.00. The Labute approximate surface area is 73.8 Å². The minimum absolute atomic E-state index is 0.00805. The van der Waals surface area contributed by atoms with Crippen LogP contribution in [0.1, 0.15) is 33.6 Å². The van der Waals surface area contributed by atoms with Crippen LogP contribution in [0.15, 0.2) is 0 Å². The van der Waals surface area contributed by atoms with Crippen LogP contribution in [0.2, 0.25) is 0 Å². The summed E-state index contributed by atoms with van der Waals surface area (Å²) in [7, 11) is 0. The van der Waals surface area contributed by atoms with Gasteiger partial charge in [-0.05, 0) is 19.3 Å². The highest BCUT2D eigenvalue weighted by Gasteiger charge is 2.11. The van der Waals surface area contributed by atoms with E-state index in [9.17, 15) is 4.79 Å². The van der Waals surface area contributed by atoms with E-state index < -0.39 is 0 Å². The second kappa shape index (κ2) is 5.59. The van der Waals surface area contributed by atoms with Crippen LogP contribution in [0, 0.1) is 17.2 Å². The molecule has 0 bridgehead atoms. The van der Waals surface area contributed by atoms with Crippen molar-refractivity contribution in [3.63, 3.8) is 0 Å². The molecule has 0 fully saturated rings. The predicted octanol–water partition coefficient (Wildman–Crippen LogP) is 1.45. The standard InChI is InChI=1S/C9H16N2O/c1-7(5-4-6-10)8(2)11-9(3)12/h7-8H,4-5H2,1-3H3,(H,11,12). The van der Waals surface area contributed by atoms with Crippen LogP contribution in [0.25, 0.3) is 0 Å². The number of nitrogens with zero attached hydrogens (tertiary/aromatic N) is 1. The van der Waals surface area contributed by atoms with E-state index in [1.807, 2.05) is 13.8 Å². The molecule has 0 rings (SSSR count). The summed E-state index contributed by atoms with van der Waals surface area (Å²) in [6.45, 7) is 5.51. The van der Waals surface area contributed by atoms with Crippen molar-refractivity contribution in [1.82, 2.24) is 5.32 Å². The van der Waals surface area contributed by atoms with Crippen LogP contribution >= 0.6 is 0 Å². The number of carbonyl (C=O) groups is 1. The zero-order valence-electron chi connectivity index (χ0n) is 7.92. The molecule has 0 aromatic rings. The lowest BCUT2D eigenvalue weighted by Crippen LogP contribution is -2.35. The van der Waals surface area contributed by atoms with E-state index in [-0.39, 0.29) is 11.9 Å². The molecule has 0 saturated heterocycles. The quantitative estimate of drug-likeness (QED) is 0.690. The van der Waals surface area contributed by atoms with Gasteiger partial charge in [-0.3, -0.25) is 4.79 Å². The van der Waals surface area contributed by atoms with Gasteiger partial charge in [0.15, 0.2) is 0 Å². The van der Waals surface area contributed by atoms with Crippen molar-refractivity contribution in [3.8, 4) is 6.07 Å². The molecule has 0 aromatic carbocycles. The second-order valence-corrected chi connectivity index (χ2v) is 3.16. The number of rotatable bonds is 4. The predicted molar refractivity (Wildman–Crippen MR) is 47.3 cm³/mol. The SMILES string of the molecule is CC(=O)NC(C)C(C)CCC#N. The summed E-state index contributed by atoms with van der Waals surface area (Å²) in [6, 6.07) is 2.26. The normalized spacial score (nSPS) is 14.5. The van der Waals surface area contributed by atoms with Crippen LogP contribution in [0.3, 0.4) is 0 Å². The van der Waals surface area contributed by atoms with Gasteiger partial charge in [-0.25, -0.2) is 0 Å². The molecule has 0 aliphatic heterocycles. The maximum atomic E-state index is 10.7. The fourth-order valence-electron chi connectivity index (χ4n) is 1.01. The monoisotopic (exact) mass is 168 g/mol. The minimum Gasteiger partial charge on any atom is -0.354 e. The highest BCUT2D eigenvalue weighted by Crippen LogP contribution is 2.09. The van der Waals surface area contributed by atoms with E-state index in [4.69, 9.17) is 5.26 Å². The molecular weight excluding hydrogens is 152 g/mol. The van der Waals surface area contributed by atoms with Crippen LogP contribution in [-0.4, -0.2) is 11.9 Å². The molecule has 0 aliphatic rings. The Kier molecular flexibility index (Phi) is 5.11. The summed E-state index contributed by atoms with van der Waals surface area (Å²) in [5.74, 6) is 0.361. The van der Waals surface area contributed by atoms with Gasteiger partial charge in [0.1, 0.15) is 0 Å². The molecule has 0 heterocycles. The Balaban J connectivity index is 3.69. The number of carbonyl (C=O) groups excluding carboxylic acids is 1. The molecule has 68 valence electrons. The highest BCUT2D eigenvalue weighted by molar-refractivity contribution is 5.73. The molecule has 3 nitrogen and oxygen atoms in total. The zero-order chi connectivity index (χ0) is 9.56. The Morgan fingerprint density at radius 3 is 2.58 bits per heavy atom. The van der Waals surface area contributed by atoms with Crippen LogP contribution in [0.5, 0.6) is 0 Å². The topological polar surface area (TPSA) is 52.9 Å². The van der Waals surface area contributed by atoms with E-state index in [0.717, 1.165) is 6.42 Å². The van der Waals surface area contributed by atoms with E-state index >= 15 is 0 Å². The first-order valence-corrected chi connectivity index (χ1v) is 4.22. The summed E-state index contributed by atoms with van der Waals surface area (Å²) >= 11 is 0. The van der Waals surface area contributed by atoms with Gasteiger partial charge in [-0.15, -0.1) is 0 Å². The molecule has 12 heavy (non-hydrogen) atoms. The first kappa shape index (κ1) is 11.0. The van der Waals surface area contributed by atoms with Crippen molar-refractivity contribution in [1.29, 1.82) is 5.26 Å². The lowest BCUT2D eigenvalue weighted by atomic mass is 9.98. The molecule has 0 saturated carbocycles. The van der Waals surface area contributed by atoms with Crippen molar-refractivity contribution in [2.75, 3.05) is 0 Å². The van der Waals surface area contributed by atoms with Gasteiger partial charge in [0.25, 0.3) is 0 Å². The molecule has 2 unspecified atom stereocenters. The zero-order valence-corrected chi connectivity index (χ0v) is 7.92. The Morgan fingerprint density at radius 2 is 2.17 bits per heavy atom. The van der Waals surface area contributed by atoms with Crippen molar-refractivity contribution in [2.24, 2.45) is 5.92 Å². The molecular formula is C9H16N2O. The lowest BCUT2D eigenvalue weighted by molar-refractivity contribution is -0.119. The molecule has 2 atom stereocenters. The van der Waals surface area contributed by atoms with Crippen molar-refractivity contribution >= 4 is 5.91 Å². The first-order chi connectivity index (χ1) is 5.57. The van der Waals surface area contributed by atoms with Crippen LogP contribution in [0.4, 0.5) is 0 Å². The summed E-state index contributed by atoms with van der Waals surface area (Å²) in [4.78, 5) is 10.7. The van der Waals surface area contributed by atoms with Gasteiger partial charge in [-0.1, -0.05) is 6.92 Å². The largest absolute Gasteiger partial charge is 0.354 e. The molecule has 0 aliphatic carbocycles. The third kappa shape index (κ3) is 4.73. The summed E-state index contributed by atoms with van der Waals surface area (Å²) < 4.78 is 0. The Morgan fingerprint density at radius 1 is 1.58 bits per heavy atom. The van der Waals surface area contributed by atoms with Gasteiger partial charge in [0.2, 0.25) is 5.91 Å². The Bertz CT molecular complexity index is 183. The third-order valence-electron chi connectivity index (χ3n) is 2.00. The molecule has 1 N–H and O–H groups in total. The van der Waals surface area contributed by atoms with Crippen molar-refractivity contribution in [3.05, 3.63) is 0 Å². The van der Waals surface area contributed by atoms with E-state index in [0.29, 0.717) is 12.3 Å².